The van der Waals surface area contributed by atoms with Crippen LogP contribution in [-0.2, 0) is 0 Å². The normalized spacial score (nSPS) is 24.4. The topological polar surface area (TPSA) is 61.8 Å². The van der Waals surface area contributed by atoms with E-state index in [4.69, 9.17) is 0 Å². The van der Waals surface area contributed by atoms with E-state index in [-0.39, 0.29) is 0 Å². The van der Waals surface area contributed by atoms with Gasteiger partial charge in [0.2, 0.25) is 0 Å². The molecule has 0 radical (unpaired) electrons. The maximum absolute atomic E-state index is 10.7. The third-order valence-electron chi connectivity index (χ3n) is 4.41. The Balaban J connectivity index is 1.90. The minimum atomic E-state index is -0.689. The summed E-state index contributed by atoms with van der Waals surface area (Å²) in [6.45, 7) is 0. The molecule has 0 bridgehead atoms. The fourth-order valence-electron chi connectivity index (χ4n) is 3.10. The lowest BCUT2D eigenvalue weighted by Crippen LogP contribution is -2.31. The molecule has 0 aliphatic heterocycles. The third-order valence-corrected chi connectivity index (χ3v) is 4.41. The highest BCUT2D eigenvalue weighted by molar-refractivity contribution is 5.17. The molecule has 2 aliphatic carbocycles. The van der Waals surface area contributed by atoms with Crippen LogP contribution in [0.5, 0.6) is 0 Å². The van der Waals surface area contributed by atoms with Gasteiger partial charge in [0.25, 0.3) is 0 Å². The first-order chi connectivity index (χ1) is 8.77. The van der Waals surface area contributed by atoms with E-state index in [0.29, 0.717) is 6.04 Å². The Hall–Kier alpha value is -1.34. The van der Waals surface area contributed by atoms with Crippen LogP contribution in [0.3, 0.4) is 0 Å². The first kappa shape index (κ1) is 11.7. The van der Waals surface area contributed by atoms with Crippen molar-refractivity contribution in [1.29, 1.82) is 5.26 Å². The molecule has 1 atom stereocenters. The first-order valence-corrected chi connectivity index (χ1v) is 6.88. The Morgan fingerprint density at radius 1 is 1.39 bits per heavy atom. The van der Waals surface area contributed by atoms with Crippen LogP contribution in [-0.4, -0.2) is 14.7 Å². The number of hydrogen-bond donors (Lipinski definition) is 1. The fourth-order valence-corrected chi connectivity index (χ4v) is 3.10. The van der Waals surface area contributed by atoms with Gasteiger partial charge in [-0.05, 0) is 25.7 Å². The highest BCUT2D eigenvalue weighted by Crippen LogP contribution is 2.47. The molecule has 1 aromatic rings. The summed E-state index contributed by atoms with van der Waals surface area (Å²) in [6.07, 6.45) is 10.0. The van der Waals surface area contributed by atoms with Gasteiger partial charge in [-0.3, -0.25) is 0 Å². The molecule has 2 aliphatic rings. The van der Waals surface area contributed by atoms with Crippen LogP contribution in [0, 0.1) is 16.7 Å². The molecule has 18 heavy (non-hydrogen) atoms. The van der Waals surface area contributed by atoms with E-state index >= 15 is 0 Å². The van der Waals surface area contributed by atoms with Crippen molar-refractivity contribution < 1.29 is 5.11 Å². The quantitative estimate of drug-likeness (QED) is 0.890. The largest absolute Gasteiger partial charge is 0.385 e. The molecule has 2 saturated carbocycles. The van der Waals surface area contributed by atoms with Crippen molar-refractivity contribution in [3.8, 4) is 6.07 Å². The Kier molecular flexibility index (Phi) is 2.87. The molecule has 2 fully saturated rings. The molecule has 0 aromatic carbocycles. The van der Waals surface area contributed by atoms with Gasteiger partial charge in [-0.15, -0.1) is 0 Å². The Bertz CT molecular complexity index is 464. The average Bonchev–Trinajstić information content (AvgIpc) is 3.16. The zero-order valence-electron chi connectivity index (χ0n) is 10.5. The van der Waals surface area contributed by atoms with Crippen molar-refractivity contribution in [2.75, 3.05) is 0 Å². The van der Waals surface area contributed by atoms with Crippen molar-refractivity contribution in [2.24, 2.45) is 5.41 Å². The van der Waals surface area contributed by atoms with E-state index in [1.165, 1.54) is 6.42 Å². The molecule has 1 heterocycles. The second-order valence-corrected chi connectivity index (χ2v) is 5.69. The van der Waals surface area contributed by atoms with Crippen LogP contribution in [0.15, 0.2) is 12.5 Å². The smallest absolute Gasteiger partial charge is 0.114 e. The van der Waals surface area contributed by atoms with E-state index in [0.717, 1.165) is 44.2 Å². The molecule has 96 valence electrons. The summed E-state index contributed by atoms with van der Waals surface area (Å²) in [5.41, 5.74) is 0.242. The summed E-state index contributed by atoms with van der Waals surface area (Å²) in [5, 5.41) is 20.2. The van der Waals surface area contributed by atoms with Gasteiger partial charge in [-0.1, -0.05) is 19.3 Å². The number of aliphatic hydroxyl groups excluding tert-OH is 1. The Morgan fingerprint density at radius 2 is 2.11 bits per heavy atom. The number of nitrogens with zero attached hydrogens (tertiary/aromatic N) is 3. The summed E-state index contributed by atoms with van der Waals surface area (Å²) in [4.78, 5) is 4.16. The van der Waals surface area contributed by atoms with Crippen molar-refractivity contribution in [3.63, 3.8) is 0 Å². The molecular weight excluding hydrogens is 226 g/mol. The summed E-state index contributed by atoms with van der Waals surface area (Å²) in [6, 6.07) is 2.90. The lowest BCUT2D eigenvalue weighted by atomic mass is 9.70. The highest BCUT2D eigenvalue weighted by atomic mass is 16.3. The summed E-state index contributed by atoms with van der Waals surface area (Å²) in [7, 11) is 0. The summed E-state index contributed by atoms with van der Waals surface area (Å²) >= 11 is 0. The van der Waals surface area contributed by atoms with E-state index in [2.05, 4.69) is 15.6 Å². The highest BCUT2D eigenvalue weighted by Gasteiger charge is 2.42. The maximum atomic E-state index is 10.7. The van der Waals surface area contributed by atoms with Crippen LogP contribution < -0.4 is 0 Å². The first-order valence-electron chi connectivity index (χ1n) is 6.88. The van der Waals surface area contributed by atoms with Crippen molar-refractivity contribution in [2.45, 2.75) is 57.1 Å². The van der Waals surface area contributed by atoms with Crippen LogP contribution in [0.2, 0.25) is 0 Å². The molecule has 3 rings (SSSR count). The summed E-state index contributed by atoms with van der Waals surface area (Å²) in [5.74, 6) is 0. The lowest BCUT2D eigenvalue weighted by Gasteiger charge is -2.35. The van der Waals surface area contributed by atoms with Gasteiger partial charge in [-0.25, -0.2) is 4.98 Å². The average molecular weight is 245 g/mol. The van der Waals surface area contributed by atoms with Gasteiger partial charge in [0, 0.05) is 6.04 Å². The fraction of sp³-hybridized carbons (Fsp3) is 0.714. The van der Waals surface area contributed by atoms with Crippen LogP contribution >= 0.6 is 0 Å². The monoisotopic (exact) mass is 245 g/mol. The van der Waals surface area contributed by atoms with E-state index in [1.54, 1.807) is 12.5 Å². The molecule has 1 unspecified atom stereocenters. The van der Waals surface area contributed by atoms with Crippen molar-refractivity contribution in [1.82, 2.24) is 9.55 Å². The SMILES string of the molecule is N#CC1(C(O)c2cncn2C2CC2)CCCCC1. The number of aromatic nitrogens is 2. The third kappa shape index (κ3) is 1.83. The second-order valence-electron chi connectivity index (χ2n) is 5.69. The van der Waals surface area contributed by atoms with Crippen LogP contribution in [0.1, 0.15) is 62.8 Å². The van der Waals surface area contributed by atoms with Gasteiger partial charge in [0.1, 0.15) is 6.10 Å². The minimum absolute atomic E-state index is 0.497. The summed E-state index contributed by atoms with van der Waals surface area (Å²) < 4.78 is 2.07. The van der Waals surface area contributed by atoms with Gasteiger partial charge in [-0.2, -0.15) is 5.26 Å². The van der Waals surface area contributed by atoms with Gasteiger partial charge in [0.15, 0.2) is 0 Å². The van der Waals surface area contributed by atoms with E-state index in [1.807, 2.05) is 0 Å². The minimum Gasteiger partial charge on any atom is -0.385 e. The zero-order valence-corrected chi connectivity index (χ0v) is 10.5. The maximum Gasteiger partial charge on any atom is 0.114 e. The standard InChI is InChI=1S/C14H19N3O/c15-9-14(6-2-1-3-7-14)13(18)12-8-16-10-17(12)11-4-5-11/h8,10-11,13,18H,1-7H2. The molecular formula is C14H19N3O. The van der Waals surface area contributed by atoms with Crippen LogP contribution in [0.4, 0.5) is 0 Å². The van der Waals surface area contributed by atoms with E-state index in [9.17, 15) is 10.4 Å². The molecule has 4 heteroatoms. The molecule has 0 spiro atoms. The number of rotatable bonds is 3. The van der Waals surface area contributed by atoms with Gasteiger partial charge in [0.05, 0.1) is 29.7 Å². The van der Waals surface area contributed by atoms with Crippen LogP contribution in [0.25, 0.3) is 0 Å². The molecule has 4 nitrogen and oxygen atoms in total. The van der Waals surface area contributed by atoms with Gasteiger partial charge >= 0.3 is 0 Å². The second kappa shape index (κ2) is 4.40. The molecule has 1 N–H and O–H groups in total. The van der Waals surface area contributed by atoms with E-state index < -0.39 is 11.5 Å². The van der Waals surface area contributed by atoms with Crippen molar-refractivity contribution >= 4 is 0 Å². The number of imidazole rings is 1. The molecule has 1 aromatic heterocycles. The molecule has 0 saturated heterocycles. The lowest BCUT2D eigenvalue weighted by molar-refractivity contribution is 0.0300. The Labute approximate surface area is 107 Å². The number of nitriles is 1. The molecule has 0 amide bonds. The predicted molar refractivity (Wildman–Crippen MR) is 66.6 cm³/mol. The predicted octanol–water partition coefficient (Wildman–Crippen LogP) is 2.73. The number of hydrogen-bond acceptors (Lipinski definition) is 3. The van der Waals surface area contributed by atoms with Gasteiger partial charge < -0.3 is 9.67 Å². The number of aliphatic hydroxyl groups is 1. The van der Waals surface area contributed by atoms with Crippen molar-refractivity contribution in [3.05, 3.63) is 18.2 Å². The zero-order chi connectivity index (χ0) is 12.6. The Morgan fingerprint density at radius 3 is 2.72 bits per heavy atom.